The van der Waals surface area contributed by atoms with Crippen molar-refractivity contribution in [3.63, 3.8) is 0 Å². The third kappa shape index (κ3) is 0.673. The lowest BCUT2D eigenvalue weighted by atomic mass is 9.41. The first-order valence-electron chi connectivity index (χ1n) is 5.46. The fourth-order valence-electron chi connectivity index (χ4n) is 4.37. The average Bonchev–Trinajstić information content (AvgIpc) is 2.44. The second-order valence-corrected chi connectivity index (χ2v) is 5.56. The molecule has 3 aliphatic rings. The number of hydrogen-bond acceptors (Lipinski definition) is 4. The standard InChI is InChI=1S/C12H12O4/c1-11-7(15)3-5(13)9(11)12(2)8(16)4-6(14)10(11)12/h9-10H,3-4H2,1-2H3. The number of fused-ring (bicyclic) bond motifs is 4. The normalized spacial score (nSPS) is 50.4. The largest absolute Gasteiger partial charge is 0.299 e. The van der Waals surface area contributed by atoms with Gasteiger partial charge in [-0.15, -0.1) is 0 Å². The van der Waals surface area contributed by atoms with Gasteiger partial charge >= 0.3 is 0 Å². The van der Waals surface area contributed by atoms with Gasteiger partial charge in [0.15, 0.2) is 0 Å². The van der Waals surface area contributed by atoms with Gasteiger partial charge in [-0.05, 0) is 0 Å². The lowest BCUT2D eigenvalue weighted by Crippen LogP contribution is -2.65. The Kier molecular flexibility index (Phi) is 1.44. The van der Waals surface area contributed by atoms with E-state index in [0.717, 1.165) is 0 Å². The van der Waals surface area contributed by atoms with Crippen molar-refractivity contribution < 1.29 is 19.2 Å². The summed E-state index contributed by atoms with van der Waals surface area (Å²) >= 11 is 0. The summed E-state index contributed by atoms with van der Waals surface area (Å²) in [5, 5.41) is 0. The maximum Gasteiger partial charge on any atom is 0.147 e. The Morgan fingerprint density at radius 3 is 1.44 bits per heavy atom. The minimum absolute atomic E-state index is 0.103. The minimum atomic E-state index is -0.880. The van der Waals surface area contributed by atoms with E-state index in [4.69, 9.17) is 0 Å². The zero-order chi connectivity index (χ0) is 11.9. The van der Waals surface area contributed by atoms with E-state index in [9.17, 15) is 19.2 Å². The van der Waals surface area contributed by atoms with Crippen LogP contribution in [0.1, 0.15) is 26.7 Å². The molecule has 0 aliphatic heterocycles. The molecule has 0 heterocycles. The van der Waals surface area contributed by atoms with E-state index < -0.39 is 22.7 Å². The highest BCUT2D eigenvalue weighted by Crippen LogP contribution is 2.71. The molecule has 0 aromatic carbocycles. The molecule has 4 heteroatoms. The molecule has 0 bridgehead atoms. The number of carbonyl (C=O) groups is 4. The van der Waals surface area contributed by atoms with Crippen molar-refractivity contribution in [1.29, 1.82) is 0 Å². The summed E-state index contributed by atoms with van der Waals surface area (Å²) in [6.45, 7) is 3.35. The van der Waals surface area contributed by atoms with Gasteiger partial charge in [0, 0.05) is 22.7 Å². The molecule has 0 atom stereocenters. The molecule has 3 aliphatic carbocycles. The number of Topliss-reactive ketones (excluding diaryl/α,β-unsaturated/α-hetero) is 4. The highest BCUT2D eigenvalue weighted by Gasteiger charge is 2.81. The van der Waals surface area contributed by atoms with Crippen molar-refractivity contribution in [2.45, 2.75) is 26.7 Å². The van der Waals surface area contributed by atoms with Gasteiger partial charge in [-0.2, -0.15) is 0 Å². The van der Waals surface area contributed by atoms with Crippen LogP contribution in [0.25, 0.3) is 0 Å². The molecule has 0 saturated heterocycles. The van der Waals surface area contributed by atoms with Gasteiger partial charge < -0.3 is 0 Å². The Hall–Kier alpha value is -1.32. The van der Waals surface area contributed by atoms with Crippen LogP contribution in [0.4, 0.5) is 0 Å². The molecule has 0 aromatic rings. The highest BCUT2D eigenvalue weighted by molar-refractivity contribution is 6.24. The summed E-state index contributed by atoms with van der Waals surface area (Å²) in [6, 6.07) is 0. The minimum Gasteiger partial charge on any atom is -0.299 e. The molecule has 0 amide bonds. The predicted molar refractivity (Wildman–Crippen MR) is 52.5 cm³/mol. The number of carbonyl (C=O) groups excluding carboxylic acids is 4. The van der Waals surface area contributed by atoms with E-state index >= 15 is 0 Å². The Morgan fingerprint density at radius 1 is 0.812 bits per heavy atom. The van der Waals surface area contributed by atoms with Gasteiger partial charge in [-0.25, -0.2) is 0 Å². The molecule has 0 N–H and O–H groups in total. The van der Waals surface area contributed by atoms with E-state index in [2.05, 4.69) is 0 Å². The second kappa shape index (κ2) is 2.34. The molecule has 3 fully saturated rings. The topological polar surface area (TPSA) is 68.3 Å². The Labute approximate surface area is 92.4 Å². The summed E-state index contributed by atoms with van der Waals surface area (Å²) in [4.78, 5) is 47.2. The molecule has 0 radical (unpaired) electrons. The SMILES string of the molecule is CC12C(=O)CC(=O)C1C1(C)C(=O)CC(=O)C21. The van der Waals surface area contributed by atoms with Crippen LogP contribution in [0.3, 0.4) is 0 Å². The number of rotatable bonds is 0. The third-order valence-corrected chi connectivity index (χ3v) is 4.91. The van der Waals surface area contributed by atoms with Gasteiger partial charge in [-0.3, -0.25) is 19.2 Å². The Bertz CT molecular complexity index is 421. The molecular weight excluding hydrogens is 208 g/mol. The summed E-state index contributed by atoms with van der Waals surface area (Å²) in [6.07, 6.45) is -0.207. The maximum atomic E-state index is 11.8. The van der Waals surface area contributed by atoms with Gasteiger partial charge in [0.2, 0.25) is 0 Å². The molecular formula is C12H12O4. The fraction of sp³-hybridized carbons (Fsp3) is 0.667. The summed E-state index contributed by atoms with van der Waals surface area (Å²) < 4.78 is 0. The molecule has 0 aromatic heterocycles. The third-order valence-electron chi connectivity index (χ3n) is 4.91. The molecule has 3 saturated carbocycles. The van der Waals surface area contributed by atoms with Crippen LogP contribution in [0.2, 0.25) is 0 Å². The van der Waals surface area contributed by atoms with Gasteiger partial charge in [-0.1, -0.05) is 13.8 Å². The average molecular weight is 220 g/mol. The van der Waals surface area contributed by atoms with Crippen LogP contribution in [-0.2, 0) is 19.2 Å². The molecule has 0 spiro atoms. The van der Waals surface area contributed by atoms with Crippen LogP contribution < -0.4 is 0 Å². The van der Waals surface area contributed by atoms with E-state index in [1.807, 2.05) is 0 Å². The quantitative estimate of drug-likeness (QED) is 0.552. The zero-order valence-corrected chi connectivity index (χ0v) is 9.20. The van der Waals surface area contributed by atoms with Crippen molar-refractivity contribution in [3.05, 3.63) is 0 Å². The highest BCUT2D eigenvalue weighted by atomic mass is 16.2. The molecule has 4 nitrogen and oxygen atoms in total. The maximum absolute atomic E-state index is 11.8. The van der Waals surface area contributed by atoms with Crippen LogP contribution in [0.5, 0.6) is 0 Å². The lowest BCUT2D eigenvalue weighted by molar-refractivity contribution is -0.179. The first-order chi connectivity index (χ1) is 7.34. The van der Waals surface area contributed by atoms with E-state index in [1.54, 1.807) is 13.8 Å². The van der Waals surface area contributed by atoms with Crippen molar-refractivity contribution in [2.24, 2.45) is 22.7 Å². The van der Waals surface area contributed by atoms with Gasteiger partial charge in [0.05, 0.1) is 12.8 Å². The second-order valence-electron chi connectivity index (χ2n) is 5.56. The molecule has 16 heavy (non-hydrogen) atoms. The van der Waals surface area contributed by atoms with Crippen molar-refractivity contribution in [3.8, 4) is 0 Å². The Balaban J connectivity index is 2.20. The first kappa shape index (κ1) is 9.87. The van der Waals surface area contributed by atoms with Crippen LogP contribution in [0.15, 0.2) is 0 Å². The molecule has 0 unspecified atom stereocenters. The van der Waals surface area contributed by atoms with Gasteiger partial charge in [0.25, 0.3) is 0 Å². The van der Waals surface area contributed by atoms with Crippen LogP contribution >= 0.6 is 0 Å². The van der Waals surface area contributed by atoms with Crippen molar-refractivity contribution in [1.82, 2.24) is 0 Å². The van der Waals surface area contributed by atoms with Gasteiger partial charge in [0.1, 0.15) is 23.1 Å². The molecule has 84 valence electrons. The molecule has 3 rings (SSSR count). The lowest BCUT2D eigenvalue weighted by Gasteiger charge is -2.56. The smallest absolute Gasteiger partial charge is 0.147 e. The van der Waals surface area contributed by atoms with E-state index in [-0.39, 0.29) is 36.0 Å². The Morgan fingerprint density at radius 2 is 1.12 bits per heavy atom. The fourth-order valence-corrected chi connectivity index (χ4v) is 4.37. The summed E-state index contributed by atoms with van der Waals surface area (Å²) in [7, 11) is 0. The summed E-state index contributed by atoms with van der Waals surface area (Å²) in [5.41, 5.74) is -1.76. The summed E-state index contributed by atoms with van der Waals surface area (Å²) in [5.74, 6) is -1.72. The van der Waals surface area contributed by atoms with Crippen LogP contribution in [0, 0.1) is 22.7 Å². The number of hydrogen-bond donors (Lipinski definition) is 0. The van der Waals surface area contributed by atoms with Crippen LogP contribution in [-0.4, -0.2) is 23.1 Å². The zero-order valence-electron chi connectivity index (χ0n) is 9.20. The predicted octanol–water partition coefficient (Wildman–Crippen LogP) is 0.329. The van der Waals surface area contributed by atoms with E-state index in [1.165, 1.54) is 0 Å². The number of ketones is 4. The van der Waals surface area contributed by atoms with Crippen molar-refractivity contribution in [2.75, 3.05) is 0 Å². The monoisotopic (exact) mass is 220 g/mol. The van der Waals surface area contributed by atoms with Crippen molar-refractivity contribution >= 4 is 23.1 Å². The first-order valence-corrected chi connectivity index (χ1v) is 5.46. The van der Waals surface area contributed by atoms with E-state index in [0.29, 0.717) is 0 Å².